The standard InChI is InChI=1S/C24H28N2O4S2/c1-3-29-20-7-4-8-21-23(20)25-24(32-21)26(16-18-6-5-14-30-18)22(27)13-15-31-19-11-9-17(28-2)10-12-19/h4,7-12,18H,3,5-6,13-16H2,1-2H3. The summed E-state index contributed by atoms with van der Waals surface area (Å²) < 4.78 is 17.8. The van der Waals surface area contributed by atoms with Crippen molar-refractivity contribution in [3.63, 3.8) is 0 Å². The lowest BCUT2D eigenvalue weighted by molar-refractivity contribution is -0.118. The lowest BCUT2D eigenvalue weighted by Crippen LogP contribution is -2.37. The number of carbonyl (C=O) groups excluding carboxylic acids is 1. The van der Waals surface area contributed by atoms with Crippen LogP contribution in [-0.4, -0.2) is 49.6 Å². The summed E-state index contributed by atoms with van der Waals surface area (Å²) in [5.41, 5.74) is 0.812. The summed E-state index contributed by atoms with van der Waals surface area (Å²) in [6, 6.07) is 13.8. The molecule has 0 bridgehead atoms. The second-order valence-electron chi connectivity index (χ2n) is 7.45. The maximum atomic E-state index is 13.3. The summed E-state index contributed by atoms with van der Waals surface area (Å²) in [5, 5.41) is 0.710. The van der Waals surface area contributed by atoms with Crippen LogP contribution in [0, 0.1) is 0 Å². The van der Waals surface area contributed by atoms with E-state index in [2.05, 4.69) is 0 Å². The monoisotopic (exact) mass is 472 g/mol. The van der Waals surface area contributed by atoms with Crippen LogP contribution in [0.1, 0.15) is 26.2 Å². The van der Waals surface area contributed by atoms with E-state index in [0.717, 1.165) is 46.1 Å². The Labute approximate surface area is 196 Å². The molecule has 8 heteroatoms. The van der Waals surface area contributed by atoms with Crippen LogP contribution < -0.4 is 14.4 Å². The van der Waals surface area contributed by atoms with Crippen molar-refractivity contribution < 1.29 is 19.0 Å². The average molecular weight is 473 g/mol. The van der Waals surface area contributed by atoms with Crippen molar-refractivity contribution in [3.05, 3.63) is 42.5 Å². The van der Waals surface area contributed by atoms with Crippen molar-refractivity contribution in [2.45, 2.75) is 37.2 Å². The zero-order valence-corrected chi connectivity index (χ0v) is 20.0. The number of thioether (sulfide) groups is 1. The average Bonchev–Trinajstić information content (AvgIpc) is 3.48. The summed E-state index contributed by atoms with van der Waals surface area (Å²) in [7, 11) is 1.66. The Kier molecular flexibility index (Phi) is 7.89. The first-order valence-electron chi connectivity index (χ1n) is 10.9. The molecule has 0 aliphatic carbocycles. The Morgan fingerprint density at radius 2 is 2.12 bits per heavy atom. The maximum absolute atomic E-state index is 13.3. The summed E-state index contributed by atoms with van der Waals surface area (Å²) in [4.78, 5) is 21.0. The van der Waals surface area contributed by atoms with Crippen LogP contribution in [0.2, 0.25) is 0 Å². The molecule has 4 rings (SSSR count). The molecule has 0 N–H and O–H groups in total. The first-order chi connectivity index (χ1) is 15.7. The molecule has 0 radical (unpaired) electrons. The number of thiazole rings is 1. The molecule has 1 unspecified atom stereocenters. The van der Waals surface area contributed by atoms with E-state index in [0.29, 0.717) is 30.5 Å². The molecule has 2 heterocycles. The molecule has 1 aromatic heterocycles. The van der Waals surface area contributed by atoms with Crippen LogP contribution in [0.15, 0.2) is 47.4 Å². The van der Waals surface area contributed by atoms with Crippen molar-refractivity contribution in [3.8, 4) is 11.5 Å². The van der Waals surface area contributed by atoms with E-state index >= 15 is 0 Å². The molecule has 1 saturated heterocycles. The fraction of sp³-hybridized carbons (Fsp3) is 0.417. The predicted molar refractivity (Wildman–Crippen MR) is 130 cm³/mol. The van der Waals surface area contributed by atoms with Gasteiger partial charge in [0.1, 0.15) is 17.0 Å². The first-order valence-corrected chi connectivity index (χ1v) is 12.7. The highest BCUT2D eigenvalue weighted by Crippen LogP contribution is 2.35. The van der Waals surface area contributed by atoms with Gasteiger partial charge in [-0.3, -0.25) is 9.69 Å². The van der Waals surface area contributed by atoms with Crippen molar-refractivity contribution >= 4 is 44.4 Å². The largest absolute Gasteiger partial charge is 0.497 e. The molecule has 1 atom stereocenters. The molecule has 0 saturated carbocycles. The highest BCUT2D eigenvalue weighted by molar-refractivity contribution is 7.99. The van der Waals surface area contributed by atoms with Crippen LogP contribution in [-0.2, 0) is 9.53 Å². The third kappa shape index (κ3) is 5.54. The SMILES string of the molecule is CCOc1cccc2sc(N(CC3CCCO3)C(=O)CCSc3ccc(OC)cc3)nc12. The van der Waals surface area contributed by atoms with E-state index in [1.165, 1.54) is 11.3 Å². The Morgan fingerprint density at radius 3 is 2.84 bits per heavy atom. The molecule has 1 amide bonds. The van der Waals surface area contributed by atoms with E-state index < -0.39 is 0 Å². The summed E-state index contributed by atoms with van der Waals surface area (Å²) in [6.07, 6.45) is 2.50. The Morgan fingerprint density at radius 1 is 1.28 bits per heavy atom. The minimum atomic E-state index is 0.0616. The summed E-state index contributed by atoms with van der Waals surface area (Å²) in [5.74, 6) is 2.35. The Bertz CT molecular complexity index is 1030. The van der Waals surface area contributed by atoms with Gasteiger partial charge in [-0.15, -0.1) is 11.8 Å². The number of ether oxygens (including phenoxy) is 3. The molecule has 0 spiro atoms. The quantitative estimate of drug-likeness (QED) is 0.368. The van der Waals surface area contributed by atoms with Crippen molar-refractivity contribution in [2.24, 2.45) is 0 Å². The number of hydrogen-bond acceptors (Lipinski definition) is 7. The number of nitrogens with zero attached hydrogens (tertiary/aromatic N) is 2. The van der Waals surface area contributed by atoms with Gasteiger partial charge in [0.25, 0.3) is 0 Å². The minimum Gasteiger partial charge on any atom is -0.497 e. The van der Waals surface area contributed by atoms with Gasteiger partial charge in [-0.1, -0.05) is 17.4 Å². The second-order valence-corrected chi connectivity index (χ2v) is 9.62. The smallest absolute Gasteiger partial charge is 0.229 e. The number of methoxy groups -OCH3 is 1. The minimum absolute atomic E-state index is 0.0616. The fourth-order valence-corrected chi connectivity index (χ4v) is 5.49. The molecule has 1 aliphatic heterocycles. The van der Waals surface area contributed by atoms with Gasteiger partial charge in [-0.05, 0) is 56.2 Å². The molecule has 6 nitrogen and oxygen atoms in total. The third-order valence-electron chi connectivity index (χ3n) is 5.26. The van der Waals surface area contributed by atoms with Crippen molar-refractivity contribution in [1.29, 1.82) is 0 Å². The van der Waals surface area contributed by atoms with Crippen molar-refractivity contribution in [1.82, 2.24) is 4.98 Å². The second kappa shape index (κ2) is 11.0. The highest BCUT2D eigenvalue weighted by atomic mass is 32.2. The van der Waals surface area contributed by atoms with Gasteiger partial charge >= 0.3 is 0 Å². The van der Waals surface area contributed by atoms with E-state index in [9.17, 15) is 4.79 Å². The molecule has 32 heavy (non-hydrogen) atoms. The molecular formula is C24H28N2O4S2. The molecule has 170 valence electrons. The maximum Gasteiger partial charge on any atom is 0.229 e. The molecular weight excluding hydrogens is 444 g/mol. The number of rotatable bonds is 10. The van der Waals surface area contributed by atoms with Gasteiger partial charge in [0.05, 0.1) is 31.1 Å². The normalized spacial score (nSPS) is 15.8. The van der Waals surface area contributed by atoms with E-state index in [-0.39, 0.29) is 12.0 Å². The molecule has 1 fully saturated rings. The number of anilines is 1. The van der Waals surface area contributed by atoms with Gasteiger partial charge in [-0.25, -0.2) is 4.98 Å². The highest BCUT2D eigenvalue weighted by Gasteiger charge is 2.26. The van der Waals surface area contributed by atoms with Crippen LogP contribution in [0.25, 0.3) is 10.2 Å². The Hall–Kier alpha value is -2.29. The number of para-hydroxylation sites is 1. The lowest BCUT2D eigenvalue weighted by atomic mass is 10.2. The number of carbonyl (C=O) groups is 1. The topological polar surface area (TPSA) is 60.9 Å². The third-order valence-corrected chi connectivity index (χ3v) is 7.31. The zero-order chi connectivity index (χ0) is 22.3. The molecule has 2 aromatic carbocycles. The van der Waals surface area contributed by atoms with Gasteiger partial charge in [0.15, 0.2) is 5.13 Å². The number of amides is 1. The van der Waals surface area contributed by atoms with E-state index in [1.54, 1.807) is 18.9 Å². The lowest BCUT2D eigenvalue weighted by Gasteiger charge is -2.23. The van der Waals surface area contributed by atoms with Crippen LogP contribution >= 0.6 is 23.1 Å². The van der Waals surface area contributed by atoms with Crippen LogP contribution in [0.3, 0.4) is 0 Å². The molecule has 3 aromatic rings. The predicted octanol–water partition coefficient (Wildman–Crippen LogP) is 5.40. The summed E-state index contributed by atoms with van der Waals surface area (Å²) >= 11 is 3.19. The first kappa shape index (κ1) is 22.9. The van der Waals surface area contributed by atoms with Gasteiger partial charge in [-0.2, -0.15) is 0 Å². The molecule has 1 aliphatic rings. The fourth-order valence-electron chi connectivity index (χ4n) is 3.64. The van der Waals surface area contributed by atoms with Crippen LogP contribution in [0.5, 0.6) is 11.5 Å². The number of fused-ring (bicyclic) bond motifs is 1. The number of hydrogen-bond donors (Lipinski definition) is 0. The van der Waals surface area contributed by atoms with Gasteiger partial charge in [0.2, 0.25) is 5.91 Å². The van der Waals surface area contributed by atoms with E-state index in [4.69, 9.17) is 19.2 Å². The van der Waals surface area contributed by atoms with Crippen molar-refractivity contribution in [2.75, 3.05) is 37.5 Å². The number of benzene rings is 2. The Balaban J connectivity index is 1.48. The van der Waals surface area contributed by atoms with Crippen LogP contribution in [0.4, 0.5) is 5.13 Å². The summed E-state index contributed by atoms with van der Waals surface area (Å²) in [6.45, 7) is 3.83. The number of aromatic nitrogens is 1. The van der Waals surface area contributed by atoms with E-state index in [1.807, 2.05) is 54.3 Å². The zero-order valence-electron chi connectivity index (χ0n) is 18.4. The van der Waals surface area contributed by atoms with Gasteiger partial charge in [0, 0.05) is 23.7 Å². The van der Waals surface area contributed by atoms with Gasteiger partial charge < -0.3 is 14.2 Å².